The first-order valence-electron chi connectivity index (χ1n) is 8.82. The van der Waals surface area contributed by atoms with Crippen LogP contribution in [0.2, 0.25) is 0 Å². The molecular weight excluding hydrogens is 306 g/mol. The number of pyridine rings is 1. The molecule has 3 N–H and O–H groups in total. The van der Waals surface area contributed by atoms with Crippen molar-refractivity contribution in [3.8, 4) is 0 Å². The molecule has 1 saturated carbocycles. The third-order valence-electron chi connectivity index (χ3n) is 5.60. The van der Waals surface area contributed by atoms with Crippen LogP contribution in [-0.2, 0) is 16.0 Å². The number of rotatable bonds is 6. The van der Waals surface area contributed by atoms with Gasteiger partial charge in [-0.15, -0.1) is 0 Å². The normalized spacial score (nSPS) is 25.5. The summed E-state index contributed by atoms with van der Waals surface area (Å²) in [6.45, 7) is 2.44. The number of carbonyl (C=O) groups excluding carboxylic acids is 1. The van der Waals surface area contributed by atoms with Crippen LogP contribution in [-0.4, -0.2) is 59.3 Å². The van der Waals surface area contributed by atoms with Crippen LogP contribution in [0.25, 0.3) is 0 Å². The third-order valence-corrected chi connectivity index (χ3v) is 5.60. The van der Waals surface area contributed by atoms with Gasteiger partial charge in [0, 0.05) is 50.3 Å². The molecular formula is C18H27N3O3. The second-order valence-corrected chi connectivity index (χ2v) is 6.87. The van der Waals surface area contributed by atoms with Crippen molar-refractivity contribution < 1.29 is 14.6 Å². The van der Waals surface area contributed by atoms with E-state index in [2.05, 4.69) is 4.98 Å². The molecule has 132 valence electrons. The summed E-state index contributed by atoms with van der Waals surface area (Å²) in [5.74, 6) is 0.190. The van der Waals surface area contributed by atoms with Crippen LogP contribution in [0.3, 0.4) is 0 Å². The monoisotopic (exact) mass is 333 g/mol. The van der Waals surface area contributed by atoms with E-state index in [9.17, 15) is 9.90 Å². The maximum absolute atomic E-state index is 12.4. The Kier molecular flexibility index (Phi) is 5.48. The van der Waals surface area contributed by atoms with Crippen LogP contribution in [0.15, 0.2) is 24.5 Å². The van der Waals surface area contributed by atoms with Crippen molar-refractivity contribution in [3.05, 3.63) is 30.1 Å². The highest BCUT2D eigenvalue weighted by Crippen LogP contribution is 2.50. The van der Waals surface area contributed by atoms with Gasteiger partial charge in [-0.3, -0.25) is 9.78 Å². The number of amides is 1. The molecule has 0 bridgehead atoms. The maximum Gasteiger partial charge on any atom is 0.222 e. The number of aryl methyl sites for hydroxylation is 1. The molecule has 2 fully saturated rings. The zero-order valence-corrected chi connectivity index (χ0v) is 14.1. The van der Waals surface area contributed by atoms with Crippen LogP contribution >= 0.6 is 0 Å². The van der Waals surface area contributed by atoms with Gasteiger partial charge in [0.1, 0.15) is 0 Å². The zero-order chi connectivity index (χ0) is 17.0. The summed E-state index contributed by atoms with van der Waals surface area (Å²) in [6.07, 6.45) is 6.86. The van der Waals surface area contributed by atoms with Crippen LogP contribution in [0.4, 0.5) is 0 Å². The topological polar surface area (TPSA) is 88.7 Å². The fraction of sp³-hybridized carbons (Fsp3) is 0.667. The molecule has 24 heavy (non-hydrogen) atoms. The highest BCUT2D eigenvalue weighted by molar-refractivity contribution is 5.76. The summed E-state index contributed by atoms with van der Waals surface area (Å²) in [6, 6.07) is 3.89. The lowest BCUT2D eigenvalue weighted by molar-refractivity contribution is -0.210. The Labute approximate surface area is 143 Å². The number of piperidine rings is 1. The molecule has 2 unspecified atom stereocenters. The first-order valence-corrected chi connectivity index (χ1v) is 8.82. The molecule has 1 saturated heterocycles. The Morgan fingerprint density at radius 2 is 2.08 bits per heavy atom. The number of likely N-dealkylation sites (tertiary alicyclic amines) is 1. The zero-order valence-electron chi connectivity index (χ0n) is 14.1. The average Bonchev–Trinajstić information content (AvgIpc) is 2.64. The van der Waals surface area contributed by atoms with E-state index in [1.807, 2.05) is 17.0 Å². The predicted octanol–water partition coefficient (Wildman–Crippen LogP) is 0.732. The lowest BCUT2D eigenvalue weighted by Gasteiger charge is -2.56. The Morgan fingerprint density at radius 3 is 2.71 bits per heavy atom. The summed E-state index contributed by atoms with van der Waals surface area (Å²) in [7, 11) is 0. The van der Waals surface area contributed by atoms with Gasteiger partial charge in [0.2, 0.25) is 5.91 Å². The molecule has 1 aromatic heterocycles. The molecule has 0 radical (unpaired) electrons. The third kappa shape index (κ3) is 3.45. The summed E-state index contributed by atoms with van der Waals surface area (Å²) in [4.78, 5) is 18.3. The average molecular weight is 333 g/mol. The van der Waals surface area contributed by atoms with Crippen molar-refractivity contribution >= 4 is 5.91 Å². The quantitative estimate of drug-likeness (QED) is 0.801. The van der Waals surface area contributed by atoms with E-state index in [0.717, 1.165) is 24.8 Å². The highest BCUT2D eigenvalue weighted by atomic mass is 16.5. The number of hydrogen-bond acceptors (Lipinski definition) is 5. The predicted molar refractivity (Wildman–Crippen MR) is 90.2 cm³/mol. The largest absolute Gasteiger partial charge is 0.392 e. The van der Waals surface area contributed by atoms with Crippen molar-refractivity contribution in [1.29, 1.82) is 0 Å². The fourth-order valence-corrected chi connectivity index (χ4v) is 3.96. The molecule has 3 rings (SSSR count). The molecule has 1 spiro atoms. The van der Waals surface area contributed by atoms with Crippen molar-refractivity contribution in [2.24, 2.45) is 11.1 Å². The van der Waals surface area contributed by atoms with Gasteiger partial charge in [0.15, 0.2) is 0 Å². The molecule has 6 heteroatoms. The van der Waals surface area contributed by atoms with Crippen LogP contribution in [0.1, 0.15) is 31.2 Å². The van der Waals surface area contributed by atoms with Crippen molar-refractivity contribution in [1.82, 2.24) is 9.88 Å². The highest BCUT2D eigenvalue weighted by Gasteiger charge is 2.56. The summed E-state index contributed by atoms with van der Waals surface area (Å²) in [5.41, 5.74) is 6.47. The second-order valence-electron chi connectivity index (χ2n) is 6.87. The van der Waals surface area contributed by atoms with E-state index in [1.165, 1.54) is 0 Å². The molecule has 1 aliphatic carbocycles. The standard InChI is InChI=1S/C18H27N3O3/c19-7-12-24-16-13-15(22)18(16)5-10-21(11-6-18)17(23)2-1-14-3-8-20-9-4-14/h3-4,8-9,15-16,22H,1-2,5-7,10-13,19H2. The van der Waals surface area contributed by atoms with E-state index < -0.39 is 0 Å². The lowest BCUT2D eigenvalue weighted by atomic mass is 9.58. The van der Waals surface area contributed by atoms with Gasteiger partial charge in [-0.25, -0.2) is 0 Å². The van der Waals surface area contributed by atoms with Gasteiger partial charge >= 0.3 is 0 Å². The SMILES string of the molecule is NCCOC1CC(O)C12CCN(C(=O)CCc1ccncc1)CC2. The summed E-state index contributed by atoms with van der Waals surface area (Å²) in [5, 5.41) is 10.2. The minimum atomic E-state index is -0.311. The molecule has 2 aliphatic rings. The minimum Gasteiger partial charge on any atom is -0.392 e. The maximum atomic E-state index is 12.4. The van der Waals surface area contributed by atoms with E-state index in [4.69, 9.17) is 10.5 Å². The number of aliphatic hydroxyl groups is 1. The van der Waals surface area contributed by atoms with Crippen LogP contribution < -0.4 is 5.73 Å². The second kappa shape index (κ2) is 7.59. The number of aromatic nitrogens is 1. The number of nitrogens with zero attached hydrogens (tertiary/aromatic N) is 2. The van der Waals surface area contributed by atoms with E-state index in [-0.39, 0.29) is 23.5 Å². The van der Waals surface area contributed by atoms with Gasteiger partial charge in [0.25, 0.3) is 0 Å². The number of carbonyl (C=O) groups is 1. The van der Waals surface area contributed by atoms with Crippen molar-refractivity contribution in [2.45, 2.75) is 44.3 Å². The van der Waals surface area contributed by atoms with E-state index in [0.29, 0.717) is 39.1 Å². The van der Waals surface area contributed by atoms with Crippen molar-refractivity contribution in [3.63, 3.8) is 0 Å². The number of aliphatic hydroxyl groups excluding tert-OH is 1. The number of nitrogens with two attached hydrogens (primary N) is 1. The van der Waals surface area contributed by atoms with Gasteiger partial charge in [-0.1, -0.05) is 0 Å². The minimum absolute atomic E-state index is 0.0881. The smallest absolute Gasteiger partial charge is 0.222 e. The molecule has 2 heterocycles. The number of ether oxygens (including phenoxy) is 1. The Bertz CT molecular complexity index is 544. The molecule has 1 aliphatic heterocycles. The molecule has 6 nitrogen and oxygen atoms in total. The van der Waals surface area contributed by atoms with E-state index in [1.54, 1.807) is 12.4 Å². The molecule has 1 aromatic rings. The number of hydrogen-bond donors (Lipinski definition) is 2. The first kappa shape index (κ1) is 17.3. The van der Waals surface area contributed by atoms with Crippen LogP contribution in [0.5, 0.6) is 0 Å². The van der Waals surface area contributed by atoms with Gasteiger partial charge in [-0.2, -0.15) is 0 Å². The first-order chi connectivity index (χ1) is 11.7. The fourth-order valence-electron chi connectivity index (χ4n) is 3.96. The Balaban J connectivity index is 1.48. The lowest BCUT2D eigenvalue weighted by Crippen LogP contribution is -2.62. The summed E-state index contributed by atoms with van der Waals surface area (Å²) >= 11 is 0. The van der Waals surface area contributed by atoms with Crippen molar-refractivity contribution in [2.75, 3.05) is 26.2 Å². The van der Waals surface area contributed by atoms with Gasteiger partial charge in [0.05, 0.1) is 18.8 Å². The van der Waals surface area contributed by atoms with Gasteiger partial charge < -0.3 is 20.5 Å². The van der Waals surface area contributed by atoms with E-state index >= 15 is 0 Å². The van der Waals surface area contributed by atoms with Crippen LogP contribution in [0, 0.1) is 5.41 Å². The van der Waals surface area contributed by atoms with Gasteiger partial charge in [-0.05, 0) is 37.0 Å². The summed E-state index contributed by atoms with van der Waals surface area (Å²) < 4.78 is 5.80. The molecule has 2 atom stereocenters. The Morgan fingerprint density at radius 1 is 1.38 bits per heavy atom. The molecule has 0 aromatic carbocycles. The molecule has 1 amide bonds. The Hall–Kier alpha value is -1.50.